The predicted octanol–water partition coefficient (Wildman–Crippen LogP) is 2.54. The van der Waals surface area contributed by atoms with Gasteiger partial charge in [0.1, 0.15) is 0 Å². The van der Waals surface area contributed by atoms with Gasteiger partial charge in [0.2, 0.25) is 10.0 Å². The molecule has 2 heterocycles. The SMILES string of the molecule is Cc1cccc(-n2ncc(C(=O)N3CCN(S(=O)(=O)c4ccccc4[N+](=O)[O-])CC3)c2C)c1. The third kappa shape index (κ3) is 4.24. The Kier molecular flexibility index (Phi) is 6.00. The van der Waals surface area contributed by atoms with Crippen molar-refractivity contribution < 1.29 is 18.1 Å². The molecule has 0 bridgehead atoms. The molecule has 3 aromatic rings. The first-order valence-corrected chi connectivity index (χ1v) is 11.8. The predicted molar refractivity (Wildman–Crippen MR) is 121 cm³/mol. The third-order valence-electron chi connectivity index (χ3n) is 5.69. The van der Waals surface area contributed by atoms with Crippen LogP contribution in [0, 0.1) is 24.0 Å². The first kappa shape index (κ1) is 22.6. The summed E-state index contributed by atoms with van der Waals surface area (Å²) in [5.41, 5.74) is 2.61. The molecule has 1 aromatic heterocycles. The van der Waals surface area contributed by atoms with Crippen LogP contribution in [0.3, 0.4) is 0 Å². The van der Waals surface area contributed by atoms with Crippen LogP contribution >= 0.6 is 0 Å². The zero-order valence-electron chi connectivity index (χ0n) is 18.2. The molecule has 172 valence electrons. The molecular weight excluding hydrogens is 446 g/mol. The van der Waals surface area contributed by atoms with Crippen LogP contribution in [0.1, 0.15) is 21.6 Å². The van der Waals surface area contributed by atoms with E-state index in [0.29, 0.717) is 11.3 Å². The molecule has 0 radical (unpaired) electrons. The highest BCUT2D eigenvalue weighted by atomic mass is 32.2. The molecule has 2 aromatic carbocycles. The van der Waals surface area contributed by atoms with Crippen LogP contribution < -0.4 is 0 Å². The molecule has 4 rings (SSSR count). The molecule has 1 aliphatic heterocycles. The van der Waals surface area contributed by atoms with E-state index in [2.05, 4.69) is 5.10 Å². The number of hydrogen-bond donors (Lipinski definition) is 0. The number of piperazine rings is 1. The van der Waals surface area contributed by atoms with Crippen LogP contribution in [0.2, 0.25) is 0 Å². The van der Waals surface area contributed by atoms with Gasteiger partial charge in [-0.15, -0.1) is 0 Å². The fourth-order valence-electron chi connectivity index (χ4n) is 3.91. The lowest BCUT2D eigenvalue weighted by molar-refractivity contribution is -0.387. The second-order valence-corrected chi connectivity index (χ2v) is 9.72. The van der Waals surface area contributed by atoms with Crippen LogP contribution in [0.15, 0.2) is 59.6 Å². The summed E-state index contributed by atoms with van der Waals surface area (Å²) in [6, 6.07) is 13.1. The van der Waals surface area contributed by atoms with E-state index in [0.717, 1.165) is 11.3 Å². The minimum atomic E-state index is -4.06. The first-order chi connectivity index (χ1) is 15.7. The van der Waals surface area contributed by atoms with E-state index in [1.54, 1.807) is 9.58 Å². The number of aryl methyl sites for hydroxylation is 1. The van der Waals surface area contributed by atoms with Crippen molar-refractivity contribution in [1.29, 1.82) is 0 Å². The zero-order chi connectivity index (χ0) is 23.8. The van der Waals surface area contributed by atoms with Crippen LogP contribution in [-0.2, 0) is 10.0 Å². The number of sulfonamides is 1. The van der Waals surface area contributed by atoms with Crippen LogP contribution in [0.4, 0.5) is 5.69 Å². The van der Waals surface area contributed by atoms with Crippen molar-refractivity contribution in [3.8, 4) is 5.69 Å². The number of nitrogens with zero attached hydrogens (tertiary/aromatic N) is 5. The van der Waals surface area contributed by atoms with E-state index in [1.807, 2.05) is 38.1 Å². The van der Waals surface area contributed by atoms with Crippen LogP contribution in [0.5, 0.6) is 0 Å². The van der Waals surface area contributed by atoms with E-state index in [9.17, 15) is 23.3 Å². The Bertz CT molecular complexity index is 1330. The maximum absolute atomic E-state index is 13.1. The van der Waals surface area contributed by atoms with Crippen molar-refractivity contribution >= 4 is 21.6 Å². The minimum absolute atomic E-state index is 0.0468. The van der Waals surface area contributed by atoms with E-state index < -0.39 is 20.6 Å². The van der Waals surface area contributed by atoms with Gasteiger partial charge in [0.05, 0.1) is 28.1 Å². The van der Waals surface area contributed by atoms with Crippen molar-refractivity contribution in [2.75, 3.05) is 26.2 Å². The average molecular weight is 470 g/mol. The highest BCUT2D eigenvalue weighted by Gasteiger charge is 2.35. The van der Waals surface area contributed by atoms with Crippen LogP contribution in [0.25, 0.3) is 5.69 Å². The molecule has 0 N–H and O–H groups in total. The fraction of sp³-hybridized carbons (Fsp3) is 0.273. The topological polar surface area (TPSA) is 119 Å². The van der Waals surface area contributed by atoms with Gasteiger partial charge in [-0.2, -0.15) is 9.40 Å². The van der Waals surface area contributed by atoms with Gasteiger partial charge < -0.3 is 4.90 Å². The Balaban J connectivity index is 1.50. The summed E-state index contributed by atoms with van der Waals surface area (Å²) >= 11 is 0. The van der Waals surface area contributed by atoms with E-state index in [1.165, 1.54) is 34.8 Å². The smallest absolute Gasteiger partial charge is 0.289 e. The molecule has 33 heavy (non-hydrogen) atoms. The lowest BCUT2D eigenvalue weighted by Gasteiger charge is -2.33. The standard InChI is InChI=1S/C22H23N5O5S/c1-16-6-5-7-18(14-16)26-17(2)19(15-23-26)22(28)24-10-12-25(13-11-24)33(31,32)21-9-4-3-8-20(21)27(29)30/h3-9,14-15H,10-13H2,1-2H3. The number of nitro benzene ring substituents is 1. The fourth-order valence-corrected chi connectivity index (χ4v) is 5.49. The molecule has 1 aliphatic rings. The number of hydrogen-bond acceptors (Lipinski definition) is 6. The number of carbonyl (C=O) groups excluding carboxylic acids is 1. The Labute approximate surface area is 191 Å². The van der Waals surface area contributed by atoms with E-state index in [-0.39, 0.29) is 37.0 Å². The quantitative estimate of drug-likeness (QED) is 0.419. The minimum Gasteiger partial charge on any atom is -0.336 e. The van der Waals surface area contributed by atoms with Gasteiger partial charge in [0, 0.05) is 32.2 Å². The number of rotatable bonds is 5. The third-order valence-corrected chi connectivity index (χ3v) is 7.64. The molecule has 0 aliphatic carbocycles. The molecule has 0 spiro atoms. The lowest BCUT2D eigenvalue weighted by atomic mass is 10.2. The zero-order valence-corrected chi connectivity index (χ0v) is 19.0. The van der Waals surface area contributed by atoms with E-state index >= 15 is 0 Å². The maximum atomic E-state index is 13.1. The Morgan fingerprint density at radius 2 is 1.73 bits per heavy atom. The Morgan fingerprint density at radius 3 is 2.39 bits per heavy atom. The summed E-state index contributed by atoms with van der Waals surface area (Å²) in [7, 11) is -4.06. The molecule has 0 unspecified atom stereocenters. The summed E-state index contributed by atoms with van der Waals surface area (Å²) in [4.78, 5) is 24.9. The van der Waals surface area contributed by atoms with Crippen LogP contribution in [-0.4, -0.2) is 64.4 Å². The van der Waals surface area contributed by atoms with E-state index in [4.69, 9.17) is 0 Å². The van der Waals surface area contributed by atoms with Gasteiger partial charge in [-0.05, 0) is 37.6 Å². The highest BCUT2D eigenvalue weighted by Crippen LogP contribution is 2.27. The number of benzene rings is 2. The summed E-state index contributed by atoms with van der Waals surface area (Å²) < 4.78 is 28.9. The summed E-state index contributed by atoms with van der Waals surface area (Å²) in [5.74, 6) is -0.228. The lowest BCUT2D eigenvalue weighted by Crippen LogP contribution is -2.50. The van der Waals surface area contributed by atoms with Gasteiger partial charge >= 0.3 is 0 Å². The van der Waals surface area contributed by atoms with Crippen molar-refractivity contribution in [3.63, 3.8) is 0 Å². The van der Waals surface area contributed by atoms with Crippen molar-refractivity contribution in [3.05, 3.63) is 81.7 Å². The first-order valence-electron chi connectivity index (χ1n) is 10.3. The summed E-state index contributed by atoms with van der Waals surface area (Å²) in [6.45, 7) is 4.24. The normalized spacial score (nSPS) is 14.9. The number of para-hydroxylation sites is 1. The maximum Gasteiger partial charge on any atom is 0.289 e. The van der Waals surface area contributed by atoms with Crippen molar-refractivity contribution in [2.24, 2.45) is 0 Å². The second kappa shape index (κ2) is 8.75. The molecule has 10 nitrogen and oxygen atoms in total. The van der Waals surface area contributed by atoms with Gasteiger partial charge in [0.15, 0.2) is 4.90 Å². The Morgan fingerprint density at radius 1 is 1.03 bits per heavy atom. The van der Waals surface area contributed by atoms with Gasteiger partial charge in [-0.25, -0.2) is 13.1 Å². The second-order valence-electron chi connectivity index (χ2n) is 7.82. The molecular formula is C22H23N5O5S. The molecule has 11 heteroatoms. The Hall–Kier alpha value is -3.57. The molecule has 0 saturated carbocycles. The van der Waals surface area contributed by atoms with Gasteiger partial charge in [0.25, 0.3) is 11.6 Å². The van der Waals surface area contributed by atoms with Crippen molar-refractivity contribution in [2.45, 2.75) is 18.7 Å². The monoisotopic (exact) mass is 469 g/mol. The number of amides is 1. The number of aromatic nitrogens is 2. The van der Waals surface area contributed by atoms with Crippen molar-refractivity contribution in [1.82, 2.24) is 19.0 Å². The molecule has 1 amide bonds. The largest absolute Gasteiger partial charge is 0.336 e. The highest BCUT2D eigenvalue weighted by molar-refractivity contribution is 7.89. The van der Waals surface area contributed by atoms with Gasteiger partial charge in [-0.3, -0.25) is 14.9 Å². The van der Waals surface area contributed by atoms with Gasteiger partial charge in [-0.1, -0.05) is 24.3 Å². The summed E-state index contributed by atoms with van der Waals surface area (Å²) in [5, 5.41) is 15.6. The number of carbonyl (C=O) groups is 1. The molecule has 0 atom stereocenters. The average Bonchev–Trinajstić information content (AvgIpc) is 3.20. The summed E-state index contributed by atoms with van der Waals surface area (Å²) in [6.07, 6.45) is 1.52. The number of nitro groups is 1. The molecule has 1 fully saturated rings. The molecule has 1 saturated heterocycles.